The van der Waals surface area contributed by atoms with Crippen LogP contribution in [0, 0.1) is 17.2 Å². The number of amides is 1. The van der Waals surface area contributed by atoms with Crippen LogP contribution in [0.25, 0.3) is 11.3 Å². The lowest BCUT2D eigenvalue weighted by atomic mass is 10.0. The van der Waals surface area contributed by atoms with Crippen LogP contribution in [0.1, 0.15) is 31.2 Å². The third kappa shape index (κ3) is 4.52. The summed E-state index contributed by atoms with van der Waals surface area (Å²) in [6, 6.07) is 9.82. The first-order valence-corrected chi connectivity index (χ1v) is 12.2. The average molecular weight is 494 g/mol. The number of ether oxygens (including phenoxy) is 1. The number of methoxy groups -OCH3 is 1. The number of halogens is 3. The van der Waals surface area contributed by atoms with Gasteiger partial charge in [-0.1, -0.05) is 12.1 Å². The Labute approximate surface area is 194 Å². The second-order valence-corrected chi connectivity index (χ2v) is 10.8. The van der Waals surface area contributed by atoms with Crippen molar-refractivity contribution in [2.45, 2.75) is 53.6 Å². The van der Waals surface area contributed by atoms with Gasteiger partial charge in [0.05, 0.1) is 39.5 Å². The Morgan fingerprint density at radius 3 is 2.53 bits per heavy atom. The van der Waals surface area contributed by atoms with Crippen LogP contribution < -0.4 is 5.32 Å². The monoisotopic (exact) mass is 493 g/mol. The molecule has 1 aromatic carbocycles. The fourth-order valence-corrected chi connectivity index (χ4v) is 6.34. The van der Waals surface area contributed by atoms with Gasteiger partial charge in [0, 0.05) is 18.9 Å². The molecule has 2 fully saturated rings. The molecule has 2 aromatic rings. The van der Waals surface area contributed by atoms with E-state index in [0.29, 0.717) is 12.8 Å². The highest BCUT2D eigenvalue weighted by atomic mass is 32.2. The number of aromatic nitrogens is 1. The van der Waals surface area contributed by atoms with Gasteiger partial charge in [-0.25, -0.2) is 8.42 Å². The van der Waals surface area contributed by atoms with Crippen LogP contribution >= 0.6 is 0 Å². The van der Waals surface area contributed by atoms with Crippen LogP contribution in [0.5, 0.6) is 0 Å². The van der Waals surface area contributed by atoms with Crippen molar-refractivity contribution in [3.05, 3.63) is 48.2 Å². The maximum atomic E-state index is 13.9. The zero-order valence-electron chi connectivity index (χ0n) is 18.2. The first kappa shape index (κ1) is 24.2. The van der Waals surface area contributed by atoms with Crippen molar-refractivity contribution in [2.75, 3.05) is 7.11 Å². The van der Waals surface area contributed by atoms with Crippen molar-refractivity contribution in [3.8, 4) is 17.3 Å². The van der Waals surface area contributed by atoms with E-state index in [1.165, 1.54) is 25.4 Å². The predicted octanol–water partition coefficient (Wildman–Crippen LogP) is 3.51. The first-order chi connectivity index (χ1) is 16.0. The van der Waals surface area contributed by atoms with Gasteiger partial charge >= 0.3 is 6.18 Å². The molecule has 4 rings (SSSR count). The molecule has 11 heteroatoms. The van der Waals surface area contributed by atoms with Crippen molar-refractivity contribution in [1.82, 2.24) is 10.3 Å². The number of pyridine rings is 1. The van der Waals surface area contributed by atoms with Gasteiger partial charge in [0.25, 0.3) is 0 Å². The van der Waals surface area contributed by atoms with Crippen molar-refractivity contribution in [3.63, 3.8) is 0 Å². The molecule has 2 saturated carbocycles. The van der Waals surface area contributed by atoms with Crippen LogP contribution in [-0.4, -0.2) is 43.3 Å². The van der Waals surface area contributed by atoms with Gasteiger partial charge < -0.3 is 10.1 Å². The van der Waals surface area contributed by atoms with Crippen molar-refractivity contribution >= 4 is 15.7 Å². The third-order valence-corrected chi connectivity index (χ3v) is 8.65. The van der Waals surface area contributed by atoms with Gasteiger partial charge in [-0.2, -0.15) is 18.4 Å². The molecular weight excluding hydrogens is 471 g/mol. The Morgan fingerprint density at radius 1 is 1.24 bits per heavy atom. The normalized spacial score (nSPS) is 23.8. The standard InChI is InChI=1S/C23H22F3N3O4S/c1-33-19-12-15(11-16(19)21(30)29-22(13-27)7-8-22)34(31,32)20-6-5-14(10-17(20)23(24,25)26)18-4-2-3-9-28-18/h2-6,9-10,15-16,19H,7-8,11-12H2,1H3,(H,29,30)/t15-,16-,19-/m1/s1. The zero-order valence-corrected chi connectivity index (χ0v) is 19.0. The molecule has 0 unspecified atom stereocenters. The van der Waals surface area contributed by atoms with Crippen LogP contribution in [-0.2, 0) is 25.5 Å². The SMILES string of the molecule is CO[C@@H]1C[C@H](S(=O)(=O)c2ccc(-c3ccccn3)cc2C(F)(F)F)C[C@H]1C(=O)NC1(C#N)CC1. The summed E-state index contributed by atoms with van der Waals surface area (Å²) in [6.45, 7) is 0. The Bertz CT molecular complexity index is 1240. The molecule has 3 atom stereocenters. The molecule has 2 aliphatic carbocycles. The molecule has 0 spiro atoms. The van der Waals surface area contributed by atoms with Crippen molar-refractivity contribution in [2.24, 2.45) is 5.92 Å². The maximum absolute atomic E-state index is 13.9. The molecule has 0 bridgehead atoms. The molecule has 2 aliphatic rings. The number of nitrogens with zero attached hydrogens (tertiary/aromatic N) is 2. The Hall–Kier alpha value is -2.97. The van der Waals surface area contributed by atoms with Gasteiger partial charge in [-0.3, -0.25) is 9.78 Å². The molecule has 7 nitrogen and oxygen atoms in total. The number of benzene rings is 1. The van der Waals surface area contributed by atoms with Gasteiger partial charge in [0.1, 0.15) is 5.54 Å². The summed E-state index contributed by atoms with van der Waals surface area (Å²) >= 11 is 0. The molecule has 0 radical (unpaired) electrons. The van der Waals surface area contributed by atoms with E-state index in [1.807, 2.05) is 6.07 Å². The summed E-state index contributed by atoms with van der Waals surface area (Å²) in [5.74, 6) is -1.41. The minimum atomic E-state index is -4.92. The highest BCUT2D eigenvalue weighted by Crippen LogP contribution is 2.42. The molecule has 1 aromatic heterocycles. The summed E-state index contributed by atoms with van der Waals surface area (Å²) in [5, 5.41) is 10.6. The van der Waals surface area contributed by atoms with Gasteiger partial charge in [0.2, 0.25) is 5.91 Å². The Morgan fingerprint density at radius 2 is 1.97 bits per heavy atom. The van der Waals surface area contributed by atoms with E-state index in [4.69, 9.17) is 4.74 Å². The smallest absolute Gasteiger partial charge is 0.381 e. The topological polar surface area (TPSA) is 109 Å². The van der Waals surface area contributed by atoms with E-state index in [-0.39, 0.29) is 24.1 Å². The van der Waals surface area contributed by atoms with E-state index < -0.39 is 55.2 Å². The fraction of sp³-hybridized carbons (Fsp3) is 0.435. The van der Waals surface area contributed by atoms with Crippen LogP contribution in [0.4, 0.5) is 13.2 Å². The lowest BCUT2D eigenvalue weighted by molar-refractivity contribution is -0.139. The lowest BCUT2D eigenvalue weighted by Gasteiger charge is -2.19. The molecule has 1 N–H and O–H groups in total. The molecule has 180 valence electrons. The number of hydrogen-bond acceptors (Lipinski definition) is 6. The quantitative estimate of drug-likeness (QED) is 0.660. The fourth-order valence-electron chi connectivity index (χ4n) is 4.33. The summed E-state index contributed by atoms with van der Waals surface area (Å²) in [4.78, 5) is 15.9. The molecule has 0 aliphatic heterocycles. The summed E-state index contributed by atoms with van der Waals surface area (Å²) in [6.07, 6.45) is -3.62. The van der Waals surface area contributed by atoms with Crippen LogP contribution in [0.15, 0.2) is 47.5 Å². The second kappa shape index (κ2) is 8.67. The number of alkyl halides is 3. The average Bonchev–Trinajstić information content (AvgIpc) is 3.44. The van der Waals surface area contributed by atoms with Crippen molar-refractivity contribution in [1.29, 1.82) is 5.26 Å². The minimum Gasteiger partial charge on any atom is -0.381 e. The Balaban J connectivity index is 1.66. The molecule has 1 amide bonds. The Kier molecular flexibility index (Phi) is 6.16. The van der Waals surface area contributed by atoms with E-state index in [9.17, 15) is 31.6 Å². The summed E-state index contributed by atoms with van der Waals surface area (Å²) in [5.41, 5.74) is -1.81. The molecule has 1 heterocycles. The number of hydrogen-bond donors (Lipinski definition) is 1. The van der Waals surface area contributed by atoms with Gasteiger partial charge in [-0.15, -0.1) is 0 Å². The third-order valence-electron chi connectivity index (χ3n) is 6.42. The lowest BCUT2D eigenvalue weighted by Crippen LogP contribution is -2.42. The van der Waals surface area contributed by atoms with E-state index in [2.05, 4.69) is 10.3 Å². The van der Waals surface area contributed by atoms with Gasteiger partial charge in [0.15, 0.2) is 9.84 Å². The maximum Gasteiger partial charge on any atom is 0.417 e. The van der Waals surface area contributed by atoms with E-state index in [1.54, 1.807) is 12.1 Å². The summed E-state index contributed by atoms with van der Waals surface area (Å²) < 4.78 is 73.9. The molecule has 0 saturated heterocycles. The molecular formula is C23H22F3N3O4S. The first-order valence-electron chi connectivity index (χ1n) is 10.6. The van der Waals surface area contributed by atoms with Crippen LogP contribution in [0.3, 0.4) is 0 Å². The summed E-state index contributed by atoms with van der Waals surface area (Å²) in [7, 11) is -3.14. The highest BCUT2D eigenvalue weighted by molar-refractivity contribution is 7.92. The predicted molar refractivity (Wildman–Crippen MR) is 115 cm³/mol. The zero-order chi connectivity index (χ0) is 24.7. The number of carbonyl (C=O) groups is 1. The molecule has 34 heavy (non-hydrogen) atoms. The minimum absolute atomic E-state index is 0.129. The van der Waals surface area contributed by atoms with E-state index >= 15 is 0 Å². The number of nitrogens with one attached hydrogen (secondary N) is 1. The number of sulfone groups is 1. The largest absolute Gasteiger partial charge is 0.417 e. The highest BCUT2D eigenvalue weighted by Gasteiger charge is 2.51. The number of carbonyl (C=O) groups excluding carboxylic acids is 1. The van der Waals surface area contributed by atoms with E-state index in [0.717, 1.165) is 12.1 Å². The number of rotatable bonds is 6. The van der Waals surface area contributed by atoms with Gasteiger partial charge in [-0.05, 0) is 49.9 Å². The second-order valence-electron chi connectivity index (χ2n) is 8.63. The number of nitriles is 1. The van der Waals surface area contributed by atoms with Crippen molar-refractivity contribution < 1.29 is 31.1 Å². The van der Waals surface area contributed by atoms with Crippen LogP contribution in [0.2, 0.25) is 0 Å².